The maximum atomic E-state index is 15.8. The molecule has 8 nitrogen and oxygen atoms in total. The van der Waals surface area contributed by atoms with E-state index in [2.05, 4.69) is 5.32 Å². The molecule has 3 aromatic carbocycles. The normalized spacial score (nSPS) is 25.5. The molecular weight excluding hydrogens is 582 g/mol. The van der Waals surface area contributed by atoms with Gasteiger partial charge in [0.25, 0.3) is 5.91 Å². The molecule has 4 atom stereocenters. The number of carbonyl (C=O) groups excluding carboxylic acids is 3. The van der Waals surface area contributed by atoms with Gasteiger partial charge in [-0.15, -0.1) is 0 Å². The highest BCUT2D eigenvalue weighted by atomic mass is 35.5. The molecule has 3 aromatic rings. The first-order valence-corrected chi connectivity index (χ1v) is 14.5. The number of Topliss-reactive ketones (excluding diaryl/α,β-unsaturated/α-hetero) is 1. The third-order valence-corrected chi connectivity index (χ3v) is 9.13. The van der Waals surface area contributed by atoms with Crippen LogP contribution in [0.4, 0.5) is 15.8 Å². The molecule has 2 amide bonds. The van der Waals surface area contributed by atoms with Crippen LogP contribution in [0.3, 0.4) is 0 Å². The molecule has 2 aliphatic heterocycles. The van der Waals surface area contributed by atoms with Gasteiger partial charge < -0.3 is 21.1 Å². The smallest absolute Gasteiger partial charge is 0.260 e. The number of benzene rings is 3. The summed E-state index contributed by atoms with van der Waals surface area (Å²) in [5.41, 5.74) is 6.75. The lowest BCUT2D eigenvalue weighted by atomic mass is 9.78. The van der Waals surface area contributed by atoms with Crippen LogP contribution in [0.15, 0.2) is 66.7 Å². The van der Waals surface area contributed by atoms with E-state index in [-0.39, 0.29) is 23.0 Å². The van der Waals surface area contributed by atoms with E-state index >= 15 is 4.39 Å². The van der Waals surface area contributed by atoms with E-state index in [1.54, 1.807) is 59.5 Å². The molecule has 0 spiro atoms. The number of aliphatic hydroxyl groups excluding tert-OH is 1. The molecular formula is C31H29Cl2FN4O4. The average Bonchev–Trinajstić information content (AvgIpc) is 3.70. The number of likely N-dealkylation sites (tertiary alicyclic amines) is 1. The van der Waals surface area contributed by atoms with Crippen LogP contribution in [0, 0.1) is 17.7 Å². The second-order valence-electron chi connectivity index (χ2n) is 11.2. The summed E-state index contributed by atoms with van der Waals surface area (Å²) >= 11 is 12.4. The molecule has 0 unspecified atom stereocenters. The van der Waals surface area contributed by atoms with Gasteiger partial charge >= 0.3 is 0 Å². The lowest BCUT2D eigenvalue weighted by Gasteiger charge is -2.41. The molecule has 0 radical (unpaired) electrons. The molecule has 42 heavy (non-hydrogen) atoms. The summed E-state index contributed by atoms with van der Waals surface area (Å²) in [5.74, 6) is -3.66. The van der Waals surface area contributed by atoms with Gasteiger partial charge in [-0.2, -0.15) is 0 Å². The van der Waals surface area contributed by atoms with Crippen LogP contribution in [-0.4, -0.2) is 59.0 Å². The number of nitrogens with zero attached hydrogens (tertiary/aromatic N) is 2. The minimum absolute atomic E-state index is 0.0960. The molecule has 2 heterocycles. The second kappa shape index (κ2) is 11.1. The standard InChI is InChI=1S/C31H29Cl2FN4O4/c32-19-3-1-4-20(13-19)36-30(42)31(35)27(22-5-2-6-23(33)28(22)34)26-24(38(31)14-17-7-8-17)15-37(29(26)41)21-11-9-18(10-12-21)25(40)16-39/h1-6,9-13,17,24,26-27,39H,7-8,14-16,35H2,(H,36,42)/t24-,26+,27-,31+/m0/s1. The topological polar surface area (TPSA) is 116 Å². The Morgan fingerprint density at radius 2 is 1.79 bits per heavy atom. The molecule has 4 N–H and O–H groups in total. The Balaban J connectivity index is 1.44. The Kier molecular flexibility index (Phi) is 7.57. The van der Waals surface area contributed by atoms with Gasteiger partial charge in [0.2, 0.25) is 5.91 Å². The van der Waals surface area contributed by atoms with Crippen LogP contribution in [0.5, 0.6) is 0 Å². The highest BCUT2D eigenvalue weighted by Crippen LogP contribution is 2.53. The number of nitrogens with two attached hydrogens (primary N) is 1. The zero-order chi connectivity index (χ0) is 29.8. The Bertz CT molecular complexity index is 1570. The zero-order valence-electron chi connectivity index (χ0n) is 22.5. The van der Waals surface area contributed by atoms with Crippen molar-refractivity contribution in [3.63, 3.8) is 0 Å². The molecule has 2 saturated heterocycles. The number of halogens is 3. The summed E-state index contributed by atoms with van der Waals surface area (Å²) in [6, 6.07) is 17.1. The summed E-state index contributed by atoms with van der Waals surface area (Å²) in [7, 11) is 0. The monoisotopic (exact) mass is 610 g/mol. The number of nitrogens with one attached hydrogen (secondary N) is 1. The van der Waals surface area contributed by atoms with Gasteiger partial charge in [0, 0.05) is 47.0 Å². The highest BCUT2D eigenvalue weighted by molar-refractivity contribution is 6.31. The molecule has 6 rings (SSSR count). The number of amides is 2. The Morgan fingerprint density at radius 3 is 2.45 bits per heavy atom. The SMILES string of the molecule is N[C@]1(C(=O)Nc2cccc(Cl)c2)[C@@H](c2cccc(Cl)c2F)[C@@H]2C(=O)N(c3ccc(C(=O)CO)cc3)C[C@@H]2N1CC1CC1. The van der Waals surface area contributed by atoms with Crippen LogP contribution in [0.2, 0.25) is 10.0 Å². The number of rotatable bonds is 8. The predicted octanol–water partition coefficient (Wildman–Crippen LogP) is 4.44. The van der Waals surface area contributed by atoms with E-state index in [4.69, 9.17) is 28.9 Å². The first kappa shape index (κ1) is 28.8. The fraction of sp³-hybridized carbons (Fsp3) is 0.323. The lowest BCUT2D eigenvalue weighted by molar-refractivity contribution is -0.128. The maximum absolute atomic E-state index is 15.8. The van der Waals surface area contributed by atoms with Gasteiger partial charge in [-0.3, -0.25) is 19.3 Å². The van der Waals surface area contributed by atoms with Crippen molar-refractivity contribution in [2.24, 2.45) is 17.6 Å². The van der Waals surface area contributed by atoms with Crippen molar-refractivity contribution < 1.29 is 23.9 Å². The van der Waals surface area contributed by atoms with Crippen molar-refractivity contribution in [3.05, 3.63) is 93.7 Å². The van der Waals surface area contributed by atoms with E-state index in [9.17, 15) is 19.5 Å². The summed E-state index contributed by atoms with van der Waals surface area (Å²) in [6.45, 7) is 0.0565. The number of hydrogen-bond acceptors (Lipinski definition) is 6. The van der Waals surface area contributed by atoms with Crippen LogP contribution in [0.1, 0.15) is 34.7 Å². The number of hydrogen-bond donors (Lipinski definition) is 3. The number of ketones is 1. The summed E-state index contributed by atoms with van der Waals surface area (Å²) < 4.78 is 15.8. The van der Waals surface area contributed by atoms with E-state index in [1.807, 2.05) is 4.90 Å². The highest BCUT2D eigenvalue weighted by Gasteiger charge is 2.67. The van der Waals surface area contributed by atoms with Gasteiger partial charge in [-0.05, 0) is 72.9 Å². The summed E-state index contributed by atoms with van der Waals surface area (Å²) in [6.07, 6.45) is 1.93. The second-order valence-corrected chi connectivity index (χ2v) is 12.0. The number of aliphatic hydroxyl groups is 1. The van der Waals surface area contributed by atoms with Crippen molar-refractivity contribution in [2.75, 3.05) is 29.9 Å². The third kappa shape index (κ3) is 4.89. The Hall–Kier alpha value is -3.34. The number of fused-ring (bicyclic) bond motifs is 1. The average molecular weight is 612 g/mol. The number of carbonyl (C=O) groups is 3. The minimum atomic E-state index is -1.79. The molecule has 3 aliphatic rings. The first-order valence-electron chi connectivity index (χ1n) is 13.8. The molecule has 1 aliphatic carbocycles. The van der Waals surface area contributed by atoms with Crippen LogP contribution in [0.25, 0.3) is 0 Å². The molecule has 1 saturated carbocycles. The van der Waals surface area contributed by atoms with E-state index in [0.717, 1.165) is 12.8 Å². The van der Waals surface area contributed by atoms with Crippen molar-refractivity contribution in [2.45, 2.75) is 30.5 Å². The molecule has 0 bridgehead atoms. The fourth-order valence-corrected chi connectivity index (χ4v) is 6.77. The fourth-order valence-electron chi connectivity index (χ4n) is 6.40. The lowest BCUT2D eigenvalue weighted by Crippen LogP contribution is -2.65. The van der Waals surface area contributed by atoms with Gasteiger partial charge in [0.05, 0.1) is 10.9 Å². The van der Waals surface area contributed by atoms with Gasteiger partial charge in [0.1, 0.15) is 12.4 Å². The largest absolute Gasteiger partial charge is 0.388 e. The summed E-state index contributed by atoms with van der Waals surface area (Å²) in [4.78, 5) is 43.8. The Labute approximate surface area is 252 Å². The van der Waals surface area contributed by atoms with Gasteiger partial charge in [0.15, 0.2) is 11.4 Å². The first-order chi connectivity index (χ1) is 20.1. The van der Waals surface area contributed by atoms with E-state index in [0.29, 0.717) is 34.4 Å². The van der Waals surface area contributed by atoms with Gasteiger partial charge in [-0.25, -0.2) is 4.39 Å². The van der Waals surface area contributed by atoms with Crippen molar-refractivity contribution >= 4 is 52.2 Å². The molecule has 0 aromatic heterocycles. The molecule has 3 fully saturated rings. The van der Waals surface area contributed by atoms with Crippen LogP contribution < -0.4 is 16.0 Å². The van der Waals surface area contributed by atoms with E-state index < -0.39 is 47.7 Å². The minimum Gasteiger partial charge on any atom is -0.388 e. The quantitative estimate of drug-likeness (QED) is 0.325. The van der Waals surface area contributed by atoms with Crippen molar-refractivity contribution in [3.8, 4) is 0 Å². The number of anilines is 2. The van der Waals surface area contributed by atoms with E-state index in [1.165, 1.54) is 12.1 Å². The summed E-state index contributed by atoms with van der Waals surface area (Å²) in [5, 5.41) is 12.4. The van der Waals surface area contributed by atoms with Crippen molar-refractivity contribution in [1.82, 2.24) is 4.90 Å². The Morgan fingerprint density at radius 1 is 1.07 bits per heavy atom. The van der Waals surface area contributed by atoms with Crippen molar-refractivity contribution in [1.29, 1.82) is 0 Å². The maximum Gasteiger partial charge on any atom is 0.260 e. The van der Waals surface area contributed by atoms with Crippen LogP contribution >= 0.6 is 23.2 Å². The molecule has 218 valence electrons. The predicted molar refractivity (Wildman–Crippen MR) is 158 cm³/mol. The zero-order valence-corrected chi connectivity index (χ0v) is 24.0. The van der Waals surface area contributed by atoms with Gasteiger partial charge in [-0.1, -0.05) is 41.4 Å². The third-order valence-electron chi connectivity index (χ3n) is 8.60. The van der Waals surface area contributed by atoms with Crippen LogP contribution in [-0.2, 0) is 9.59 Å². The molecule has 11 heteroatoms.